The Labute approximate surface area is 101 Å². The molecule has 0 spiro atoms. The number of oxime groups is 1. The minimum absolute atomic E-state index is 0.153. The number of phenols is 2. The number of nitrogens with zero attached hydrogens (tertiary/aromatic N) is 1. The summed E-state index contributed by atoms with van der Waals surface area (Å²) in [5.41, 5.74) is 0.443. The van der Waals surface area contributed by atoms with Crippen LogP contribution in [-0.4, -0.2) is 38.0 Å². The zero-order valence-electron chi connectivity index (χ0n) is 8.99. The van der Waals surface area contributed by atoms with Gasteiger partial charge in [0, 0.05) is 6.07 Å². The molecule has 8 heteroatoms. The Bertz CT molecular complexity index is 511. The molecule has 0 unspecified atom stereocenters. The first-order chi connectivity index (χ1) is 8.49. The van der Waals surface area contributed by atoms with Crippen LogP contribution in [0, 0.1) is 0 Å². The molecule has 0 saturated carbocycles. The largest absolute Gasteiger partial charge is 0.508 e. The van der Waals surface area contributed by atoms with Gasteiger partial charge in [0.1, 0.15) is 11.5 Å². The molecule has 0 radical (unpaired) electrons. The Kier molecular flexibility index (Phi) is 4.22. The summed E-state index contributed by atoms with van der Waals surface area (Å²) in [4.78, 5) is 22.6. The van der Waals surface area contributed by atoms with Crippen molar-refractivity contribution >= 4 is 17.4 Å². The van der Waals surface area contributed by atoms with Crippen LogP contribution < -0.4 is 5.48 Å². The van der Waals surface area contributed by atoms with E-state index in [9.17, 15) is 14.7 Å². The van der Waals surface area contributed by atoms with E-state index in [0.29, 0.717) is 0 Å². The third-order valence-electron chi connectivity index (χ3n) is 2.09. The summed E-state index contributed by atoms with van der Waals surface area (Å²) >= 11 is 0. The minimum atomic E-state index is -1.14. The van der Waals surface area contributed by atoms with Crippen molar-refractivity contribution in [2.75, 3.05) is 0 Å². The topological polar surface area (TPSA) is 139 Å². The van der Waals surface area contributed by atoms with Gasteiger partial charge in [-0.15, -0.1) is 0 Å². The van der Waals surface area contributed by atoms with Crippen molar-refractivity contribution in [3.8, 4) is 11.5 Å². The average molecular weight is 254 g/mol. The highest BCUT2D eigenvalue weighted by atomic mass is 16.5. The van der Waals surface area contributed by atoms with Crippen LogP contribution in [0.1, 0.15) is 16.8 Å². The molecule has 0 aromatic heterocycles. The number of aromatic hydroxyl groups is 2. The van der Waals surface area contributed by atoms with Crippen LogP contribution >= 0.6 is 0 Å². The summed E-state index contributed by atoms with van der Waals surface area (Å²) in [6.07, 6.45) is -0.624. The summed E-state index contributed by atoms with van der Waals surface area (Å²) in [5, 5.41) is 37.8. The number of carbonyl (C=O) groups excluding carboxylic acids is 2. The number of hydroxylamine groups is 1. The van der Waals surface area contributed by atoms with E-state index >= 15 is 0 Å². The molecule has 8 nitrogen and oxygen atoms in total. The Morgan fingerprint density at radius 2 is 1.94 bits per heavy atom. The second kappa shape index (κ2) is 5.64. The van der Waals surface area contributed by atoms with Crippen LogP contribution in [0.25, 0.3) is 0 Å². The molecule has 1 amide bonds. The molecule has 0 atom stereocenters. The fourth-order valence-corrected chi connectivity index (χ4v) is 1.23. The first-order valence-corrected chi connectivity index (χ1v) is 4.70. The van der Waals surface area contributed by atoms with E-state index in [1.54, 1.807) is 0 Å². The second-order valence-corrected chi connectivity index (χ2v) is 3.29. The lowest BCUT2D eigenvalue weighted by Gasteiger charge is -2.04. The highest BCUT2D eigenvalue weighted by molar-refractivity contribution is 6.42. The van der Waals surface area contributed by atoms with Gasteiger partial charge < -0.3 is 15.4 Å². The standard InChI is InChI=1S/C10H10N2O6/c13-5-1-2-6(8(14)3-5)9(15)4-7(11-17)10(16)12-18/h1-3,13-14,17-18H,4H2,(H,12,16)/b11-7-. The van der Waals surface area contributed by atoms with E-state index in [2.05, 4.69) is 5.16 Å². The molecule has 1 aromatic rings. The number of carbonyl (C=O) groups is 2. The lowest BCUT2D eigenvalue weighted by atomic mass is 10.0. The van der Waals surface area contributed by atoms with Gasteiger partial charge in [0.25, 0.3) is 5.91 Å². The van der Waals surface area contributed by atoms with Gasteiger partial charge in [-0.1, -0.05) is 5.16 Å². The first-order valence-electron chi connectivity index (χ1n) is 4.70. The van der Waals surface area contributed by atoms with Crippen LogP contribution in [-0.2, 0) is 4.79 Å². The molecular weight excluding hydrogens is 244 g/mol. The van der Waals surface area contributed by atoms with Gasteiger partial charge in [-0.05, 0) is 12.1 Å². The number of benzene rings is 1. The van der Waals surface area contributed by atoms with Crippen LogP contribution in [0.2, 0.25) is 0 Å². The Morgan fingerprint density at radius 1 is 1.28 bits per heavy atom. The van der Waals surface area contributed by atoms with Crippen LogP contribution in [0.4, 0.5) is 0 Å². The molecular formula is C10H10N2O6. The maximum atomic E-state index is 11.7. The molecule has 1 aromatic carbocycles. The normalized spacial score (nSPS) is 11.1. The number of Topliss-reactive ketones (excluding diaryl/α,β-unsaturated/α-hetero) is 1. The molecule has 0 aliphatic heterocycles. The van der Waals surface area contributed by atoms with E-state index in [4.69, 9.17) is 15.5 Å². The summed E-state index contributed by atoms with van der Waals surface area (Å²) in [7, 11) is 0. The SMILES string of the molecule is O=C(NO)/C(CC(=O)c1ccc(O)cc1O)=N\O. The van der Waals surface area contributed by atoms with Crippen molar-refractivity contribution < 1.29 is 30.2 Å². The highest BCUT2D eigenvalue weighted by Gasteiger charge is 2.19. The highest BCUT2D eigenvalue weighted by Crippen LogP contribution is 2.23. The molecule has 0 bridgehead atoms. The van der Waals surface area contributed by atoms with E-state index in [1.165, 1.54) is 11.5 Å². The number of ketones is 1. The molecule has 0 heterocycles. The number of rotatable bonds is 4. The van der Waals surface area contributed by atoms with Crippen molar-refractivity contribution in [3.63, 3.8) is 0 Å². The summed E-state index contributed by atoms with van der Waals surface area (Å²) in [6, 6.07) is 3.28. The monoisotopic (exact) mass is 254 g/mol. The number of phenolic OH excluding ortho intramolecular Hbond substituents is 2. The summed E-state index contributed by atoms with van der Waals surface area (Å²) in [6.45, 7) is 0. The second-order valence-electron chi connectivity index (χ2n) is 3.29. The fraction of sp³-hybridized carbons (Fsp3) is 0.100. The Morgan fingerprint density at radius 3 is 2.44 bits per heavy atom. The van der Waals surface area contributed by atoms with Gasteiger partial charge >= 0.3 is 0 Å². The zero-order valence-corrected chi connectivity index (χ0v) is 8.99. The first kappa shape index (κ1) is 13.5. The lowest BCUT2D eigenvalue weighted by molar-refractivity contribution is -0.122. The maximum absolute atomic E-state index is 11.7. The van der Waals surface area contributed by atoms with Crippen molar-refractivity contribution in [3.05, 3.63) is 23.8 Å². The van der Waals surface area contributed by atoms with Crippen LogP contribution in [0.15, 0.2) is 23.4 Å². The van der Waals surface area contributed by atoms with Gasteiger partial charge in [-0.3, -0.25) is 14.8 Å². The molecule has 0 aliphatic rings. The van der Waals surface area contributed by atoms with Crippen molar-refractivity contribution in [2.24, 2.45) is 5.16 Å². The molecule has 0 aliphatic carbocycles. The molecule has 0 saturated heterocycles. The van der Waals surface area contributed by atoms with Crippen molar-refractivity contribution in [1.82, 2.24) is 5.48 Å². The maximum Gasteiger partial charge on any atom is 0.292 e. The van der Waals surface area contributed by atoms with E-state index in [-0.39, 0.29) is 11.3 Å². The quantitative estimate of drug-likeness (QED) is 0.168. The smallest absolute Gasteiger partial charge is 0.292 e. The predicted molar refractivity (Wildman–Crippen MR) is 57.9 cm³/mol. The number of amides is 1. The van der Waals surface area contributed by atoms with E-state index in [0.717, 1.165) is 12.1 Å². The van der Waals surface area contributed by atoms with Gasteiger partial charge in [0.2, 0.25) is 0 Å². The third kappa shape index (κ3) is 2.95. The van der Waals surface area contributed by atoms with Gasteiger partial charge in [-0.2, -0.15) is 0 Å². The van der Waals surface area contributed by atoms with Crippen molar-refractivity contribution in [2.45, 2.75) is 6.42 Å². The van der Waals surface area contributed by atoms with Gasteiger partial charge in [0.15, 0.2) is 11.5 Å². The molecule has 5 N–H and O–H groups in total. The Hall–Kier alpha value is -2.61. The minimum Gasteiger partial charge on any atom is -0.508 e. The number of hydrogen-bond acceptors (Lipinski definition) is 7. The van der Waals surface area contributed by atoms with Crippen LogP contribution in [0.3, 0.4) is 0 Å². The lowest BCUT2D eigenvalue weighted by Crippen LogP contribution is -2.29. The number of hydrogen-bond donors (Lipinski definition) is 5. The molecule has 18 heavy (non-hydrogen) atoms. The van der Waals surface area contributed by atoms with E-state index < -0.39 is 29.6 Å². The van der Waals surface area contributed by atoms with Crippen LogP contribution in [0.5, 0.6) is 11.5 Å². The Balaban J connectivity index is 2.92. The van der Waals surface area contributed by atoms with E-state index in [1.807, 2.05) is 0 Å². The third-order valence-corrected chi connectivity index (χ3v) is 2.09. The number of nitrogens with one attached hydrogen (secondary N) is 1. The van der Waals surface area contributed by atoms with Crippen molar-refractivity contribution in [1.29, 1.82) is 0 Å². The molecule has 0 fully saturated rings. The van der Waals surface area contributed by atoms with Gasteiger partial charge in [0.05, 0.1) is 12.0 Å². The fourth-order valence-electron chi connectivity index (χ4n) is 1.23. The van der Waals surface area contributed by atoms with Gasteiger partial charge in [-0.25, -0.2) is 5.48 Å². The zero-order chi connectivity index (χ0) is 13.7. The summed E-state index contributed by atoms with van der Waals surface area (Å²) < 4.78 is 0. The molecule has 96 valence electrons. The molecule has 1 rings (SSSR count). The predicted octanol–water partition coefficient (Wildman–Crippen LogP) is 0.00620. The average Bonchev–Trinajstić information content (AvgIpc) is 2.34. The summed E-state index contributed by atoms with van der Waals surface area (Å²) in [5.74, 6) is -2.55.